The monoisotopic (exact) mass is 458 g/mol. The zero-order valence-electron chi connectivity index (χ0n) is 18.5. The number of nitrogens with zero attached hydrogens (tertiary/aromatic N) is 1. The van der Waals surface area contributed by atoms with Gasteiger partial charge >= 0.3 is 0 Å². The molecule has 0 aliphatic heterocycles. The number of primary amides is 1. The highest BCUT2D eigenvalue weighted by Crippen LogP contribution is 2.36. The van der Waals surface area contributed by atoms with Crippen LogP contribution in [-0.2, 0) is 29.0 Å². The SMILES string of the molecule is CN(Cc1ccccc1)c1cc(F)cc2c1CC(=O)C(C(=O)Cc1ccc(C(N)=O)cc1)=C2O. The van der Waals surface area contributed by atoms with Gasteiger partial charge in [0.05, 0.1) is 0 Å². The second-order valence-electron chi connectivity index (χ2n) is 8.28. The maximum absolute atomic E-state index is 14.5. The molecule has 3 aromatic rings. The summed E-state index contributed by atoms with van der Waals surface area (Å²) in [4.78, 5) is 38.9. The van der Waals surface area contributed by atoms with Crippen molar-refractivity contribution in [2.45, 2.75) is 19.4 Å². The predicted molar refractivity (Wildman–Crippen MR) is 127 cm³/mol. The number of amides is 1. The third-order valence-corrected chi connectivity index (χ3v) is 5.86. The van der Waals surface area contributed by atoms with Gasteiger partial charge in [-0.15, -0.1) is 0 Å². The first-order valence-corrected chi connectivity index (χ1v) is 10.7. The van der Waals surface area contributed by atoms with E-state index in [-0.39, 0.29) is 24.0 Å². The first-order valence-electron chi connectivity index (χ1n) is 10.7. The molecule has 3 N–H and O–H groups in total. The summed E-state index contributed by atoms with van der Waals surface area (Å²) in [5, 5.41) is 10.9. The number of ketones is 2. The van der Waals surface area contributed by atoms with E-state index in [0.717, 1.165) is 11.6 Å². The number of halogens is 1. The van der Waals surface area contributed by atoms with Crippen LogP contribution in [0.4, 0.5) is 10.1 Å². The normalized spacial score (nSPS) is 12.9. The van der Waals surface area contributed by atoms with Gasteiger partial charge < -0.3 is 15.7 Å². The standard InChI is InChI=1S/C27H23FN2O4/c1-30(15-17-5-3-2-4-6-17)22-13-19(28)12-21-20(22)14-24(32)25(26(21)33)23(31)11-16-7-9-18(10-8-16)27(29)34/h2-10,12-13,33H,11,14-15H2,1H3,(H2,29,34). The number of aliphatic hydroxyl groups excluding tert-OH is 1. The van der Waals surface area contributed by atoms with Crippen LogP contribution in [0.1, 0.15) is 32.6 Å². The number of benzene rings is 3. The average Bonchev–Trinajstić information content (AvgIpc) is 2.80. The predicted octanol–water partition coefficient (Wildman–Crippen LogP) is 3.77. The topological polar surface area (TPSA) is 101 Å². The van der Waals surface area contributed by atoms with E-state index >= 15 is 0 Å². The van der Waals surface area contributed by atoms with E-state index in [9.17, 15) is 23.9 Å². The maximum Gasteiger partial charge on any atom is 0.248 e. The quantitative estimate of drug-likeness (QED) is 0.525. The Morgan fingerprint density at radius 1 is 1.03 bits per heavy atom. The zero-order chi connectivity index (χ0) is 24.4. The number of fused-ring (bicyclic) bond motifs is 1. The molecule has 3 aromatic carbocycles. The number of hydrogen-bond donors (Lipinski definition) is 2. The van der Waals surface area contributed by atoms with E-state index in [1.807, 2.05) is 35.2 Å². The van der Waals surface area contributed by atoms with E-state index in [1.165, 1.54) is 18.2 Å². The molecule has 4 rings (SSSR count). The molecule has 172 valence electrons. The summed E-state index contributed by atoms with van der Waals surface area (Å²) in [6, 6.07) is 18.2. The molecule has 0 fully saturated rings. The van der Waals surface area contributed by atoms with Gasteiger partial charge in [0.15, 0.2) is 11.6 Å². The number of hydrogen-bond acceptors (Lipinski definition) is 5. The van der Waals surface area contributed by atoms with E-state index in [1.54, 1.807) is 19.2 Å². The van der Waals surface area contributed by atoms with Crippen LogP contribution in [-0.4, -0.2) is 29.6 Å². The highest BCUT2D eigenvalue weighted by molar-refractivity contribution is 6.27. The molecule has 0 radical (unpaired) electrons. The smallest absolute Gasteiger partial charge is 0.248 e. The Morgan fingerprint density at radius 2 is 1.71 bits per heavy atom. The number of allylic oxidation sites excluding steroid dienone is 1. The van der Waals surface area contributed by atoms with Gasteiger partial charge in [-0.2, -0.15) is 0 Å². The van der Waals surface area contributed by atoms with Crippen molar-refractivity contribution in [2.24, 2.45) is 5.73 Å². The highest BCUT2D eigenvalue weighted by atomic mass is 19.1. The van der Waals surface area contributed by atoms with Gasteiger partial charge in [0, 0.05) is 43.2 Å². The number of Topliss-reactive ketones (excluding diaryl/α,β-unsaturated/α-hetero) is 2. The van der Waals surface area contributed by atoms with Crippen LogP contribution in [0.3, 0.4) is 0 Å². The lowest BCUT2D eigenvalue weighted by Crippen LogP contribution is -2.26. The van der Waals surface area contributed by atoms with Gasteiger partial charge in [-0.1, -0.05) is 42.5 Å². The Hall–Kier alpha value is -4.26. The van der Waals surface area contributed by atoms with Crippen LogP contribution in [0.5, 0.6) is 0 Å². The number of carbonyl (C=O) groups excluding carboxylic acids is 3. The van der Waals surface area contributed by atoms with Gasteiger partial charge in [0.25, 0.3) is 0 Å². The molecule has 1 amide bonds. The van der Waals surface area contributed by atoms with Gasteiger partial charge in [-0.3, -0.25) is 14.4 Å². The minimum Gasteiger partial charge on any atom is -0.506 e. The summed E-state index contributed by atoms with van der Waals surface area (Å²) in [5.41, 5.74) is 7.83. The summed E-state index contributed by atoms with van der Waals surface area (Å²) in [5.74, 6) is -2.79. The molecule has 0 saturated carbocycles. The molecular formula is C27H23FN2O4. The Balaban J connectivity index is 1.66. The van der Waals surface area contributed by atoms with Gasteiger partial charge in [0.1, 0.15) is 17.1 Å². The largest absolute Gasteiger partial charge is 0.506 e. The molecule has 0 bridgehead atoms. The molecule has 34 heavy (non-hydrogen) atoms. The molecule has 0 saturated heterocycles. The molecule has 0 heterocycles. The van der Waals surface area contributed by atoms with Gasteiger partial charge in [-0.25, -0.2) is 4.39 Å². The van der Waals surface area contributed by atoms with Crippen molar-refractivity contribution in [1.29, 1.82) is 0 Å². The molecule has 0 unspecified atom stereocenters. The average molecular weight is 458 g/mol. The van der Waals surface area contributed by atoms with Crippen molar-refractivity contribution in [3.63, 3.8) is 0 Å². The van der Waals surface area contributed by atoms with Crippen molar-refractivity contribution in [2.75, 3.05) is 11.9 Å². The van der Waals surface area contributed by atoms with Crippen LogP contribution in [0.2, 0.25) is 0 Å². The summed E-state index contributed by atoms with van der Waals surface area (Å²) in [6.07, 6.45) is -0.286. The molecule has 7 heteroatoms. The van der Waals surface area contributed by atoms with Gasteiger partial charge in [0.2, 0.25) is 5.91 Å². The number of anilines is 1. The first-order chi connectivity index (χ1) is 16.2. The molecular weight excluding hydrogens is 435 g/mol. The first kappa shape index (κ1) is 22.9. The van der Waals surface area contributed by atoms with Crippen LogP contribution in [0.15, 0.2) is 72.3 Å². The summed E-state index contributed by atoms with van der Waals surface area (Å²) in [7, 11) is 1.78. The minimum atomic E-state index is -0.590. The van der Waals surface area contributed by atoms with Crippen LogP contribution in [0, 0.1) is 5.82 Å². The van der Waals surface area contributed by atoms with Crippen molar-refractivity contribution in [3.8, 4) is 0 Å². The van der Waals surface area contributed by atoms with E-state index in [0.29, 0.717) is 28.9 Å². The number of rotatable bonds is 7. The third kappa shape index (κ3) is 4.59. The second-order valence-corrected chi connectivity index (χ2v) is 8.28. The van der Waals surface area contributed by atoms with Crippen molar-refractivity contribution >= 4 is 28.9 Å². The molecule has 0 spiro atoms. The van der Waals surface area contributed by atoms with Crippen LogP contribution >= 0.6 is 0 Å². The Labute approximate surface area is 196 Å². The number of carbonyl (C=O) groups is 3. The van der Waals surface area contributed by atoms with E-state index in [4.69, 9.17) is 5.73 Å². The highest BCUT2D eigenvalue weighted by Gasteiger charge is 2.32. The van der Waals surface area contributed by atoms with Crippen molar-refractivity contribution < 1.29 is 23.9 Å². The molecule has 1 aliphatic rings. The number of aliphatic hydroxyl groups is 1. The Bertz CT molecular complexity index is 1310. The van der Waals surface area contributed by atoms with Crippen LogP contribution in [0.25, 0.3) is 5.76 Å². The van der Waals surface area contributed by atoms with E-state index in [2.05, 4.69) is 0 Å². The lowest BCUT2D eigenvalue weighted by Gasteiger charge is -2.27. The number of nitrogens with two attached hydrogens (primary N) is 1. The lowest BCUT2D eigenvalue weighted by molar-refractivity contribution is -0.120. The zero-order valence-corrected chi connectivity index (χ0v) is 18.5. The molecule has 0 atom stereocenters. The van der Waals surface area contributed by atoms with Crippen LogP contribution < -0.4 is 10.6 Å². The summed E-state index contributed by atoms with van der Waals surface area (Å²) >= 11 is 0. The third-order valence-electron chi connectivity index (χ3n) is 5.86. The molecule has 6 nitrogen and oxygen atoms in total. The minimum absolute atomic E-state index is 0.129. The Kier molecular flexibility index (Phi) is 6.27. The lowest BCUT2D eigenvalue weighted by atomic mass is 9.85. The fourth-order valence-corrected chi connectivity index (χ4v) is 4.17. The fourth-order valence-electron chi connectivity index (χ4n) is 4.17. The van der Waals surface area contributed by atoms with Crippen molar-refractivity contribution in [3.05, 3.63) is 106 Å². The molecule has 1 aliphatic carbocycles. The van der Waals surface area contributed by atoms with Gasteiger partial charge in [-0.05, 0) is 41.0 Å². The second kappa shape index (κ2) is 9.31. The molecule has 0 aromatic heterocycles. The Morgan fingerprint density at radius 3 is 2.35 bits per heavy atom. The van der Waals surface area contributed by atoms with Crippen molar-refractivity contribution in [1.82, 2.24) is 0 Å². The van der Waals surface area contributed by atoms with E-state index < -0.39 is 29.1 Å². The fraction of sp³-hybridized carbons (Fsp3) is 0.148. The summed E-state index contributed by atoms with van der Waals surface area (Å²) < 4.78 is 14.5. The maximum atomic E-state index is 14.5. The summed E-state index contributed by atoms with van der Waals surface area (Å²) in [6.45, 7) is 0.475.